The maximum atomic E-state index is 13.3. The average Bonchev–Trinajstić information content (AvgIpc) is 2.53. The van der Waals surface area contributed by atoms with Crippen molar-refractivity contribution in [2.75, 3.05) is 17.1 Å². The van der Waals surface area contributed by atoms with Gasteiger partial charge in [-0.3, -0.25) is 9.10 Å². The van der Waals surface area contributed by atoms with E-state index in [-0.39, 0.29) is 5.69 Å². The first kappa shape index (κ1) is 19.1. The van der Waals surface area contributed by atoms with Gasteiger partial charge in [0.05, 0.1) is 18.2 Å². The highest BCUT2D eigenvalue weighted by Crippen LogP contribution is 2.18. The second kappa shape index (κ2) is 8.21. The molecule has 0 fully saturated rings. The predicted octanol–water partition coefficient (Wildman–Crippen LogP) is 2.50. The Morgan fingerprint density at radius 3 is 2.56 bits per heavy atom. The van der Waals surface area contributed by atoms with Gasteiger partial charge >= 0.3 is 0 Å². The van der Waals surface area contributed by atoms with Crippen LogP contribution < -0.4 is 9.73 Å². The van der Waals surface area contributed by atoms with Crippen molar-refractivity contribution < 1.29 is 17.6 Å². The molecule has 0 saturated carbocycles. The van der Waals surface area contributed by atoms with Crippen LogP contribution in [0.15, 0.2) is 58.1 Å². The molecule has 0 aliphatic rings. The molecule has 1 amide bonds. The lowest BCUT2D eigenvalue weighted by Crippen LogP contribution is -2.39. The van der Waals surface area contributed by atoms with E-state index in [1.54, 1.807) is 12.1 Å². The predicted molar refractivity (Wildman–Crippen MR) is 98.5 cm³/mol. The number of halogens is 2. The van der Waals surface area contributed by atoms with Crippen LogP contribution in [-0.4, -0.2) is 33.3 Å². The van der Waals surface area contributed by atoms with E-state index in [0.29, 0.717) is 0 Å². The van der Waals surface area contributed by atoms with Crippen molar-refractivity contribution in [1.29, 1.82) is 0 Å². The lowest BCUT2D eigenvalue weighted by Gasteiger charge is -2.21. The van der Waals surface area contributed by atoms with E-state index in [1.807, 2.05) is 12.1 Å². The van der Waals surface area contributed by atoms with Gasteiger partial charge in [0.25, 0.3) is 5.91 Å². The molecule has 25 heavy (non-hydrogen) atoms. The lowest BCUT2D eigenvalue weighted by atomic mass is 10.2. The van der Waals surface area contributed by atoms with Gasteiger partial charge in [-0.1, -0.05) is 34.1 Å². The smallest absolute Gasteiger partial charge is 0.260 e. The Balaban J connectivity index is 2.06. The fourth-order valence-electron chi connectivity index (χ4n) is 1.92. The van der Waals surface area contributed by atoms with E-state index in [1.165, 1.54) is 24.4 Å². The number of rotatable bonds is 6. The summed E-state index contributed by atoms with van der Waals surface area (Å²) in [6, 6.07) is 12.2. The molecule has 0 heterocycles. The van der Waals surface area contributed by atoms with Crippen LogP contribution in [0.25, 0.3) is 0 Å². The first-order valence-electron chi connectivity index (χ1n) is 7.06. The summed E-state index contributed by atoms with van der Waals surface area (Å²) in [6.07, 6.45) is 2.37. The molecule has 0 atom stereocenters. The topological polar surface area (TPSA) is 78.8 Å². The Morgan fingerprint density at radius 1 is 1.28 bits per heavy atom. The second-order valence-electron chi connectivity index (χ2n) is 5.09. The molecule has 0 aromatic heterocycles. The molecule has 0 unspecified atom stereocenters. The third-order valence-electron chi connectivity index (χ3n) is 3.06. The molecule has 0 radical (unpaired) electrons. The van der Waals surface area contributed by atoms with Crippen molar-refractivity contribution in [3.05, 3.63) is 64.4 Å². The SMILES string of the molecule is CS(=O)(=O)N(CC(=O)N/N=C\c1ccc(Br)cc1)c1cccc(F)c1. The molecule has 0 aliphatic carbocycles. The number of carbonyl (C=O) groups excluding carboxylic acids is 1. The van der Waals surface area contributed by atoms with Crippen LogP contribution in [-0.2, 0) is 14.8 Å². The van der Waals surface area contributed by atoms with Gasteiger partial charge in [0, 0.05) is 4.47 Å². The minimum atomic E-state index is -3.76. The molecule has 0 bridgehead atoms. The zero-order chi connectivity index (χ0) is 18.4. The summed E-state index contributed by atoms with van der Waals surface area (Å²) in [5, 5.41) is 3.78. The number of carbonyl (C=O) groups is 1. The summed E-state index contributed by atoms with van der Waals surface area (Å²) in [4.78, 5) is 12.0. The molecule has 9 heteroatoms. The van der Waals surface area contributed by atoms with E-state index in [9.17, 15) is 17.6 Å². The summed E-state index contributed by atoms with van der Waals surface area (Å²) in [5.41, 5.74) is 3.07. The third-order valence-corrected chi connectivity index (χ3v) is 4.73. The molecule has 0 aliphatic heterocycles. The molecule has 2 aromatic rings. The van der Waals surface area contributed by atoms with E-state index in [2.05, 4.69) is 26.5 Å². The summed E-state index contributed by atoms with van der Waals surface area (Å²) in [5.74, 6) is -1.25. The highest BCUT2D eigenvalue weighted by molar-refractivity contribution is 9.10. The normalized spacial score (nSPS) is 11.5. The van der Waals surface area contributed by atoms with Crippen LogP contribution in [0, 0.1) is 5.82 Å². The Hall–Kier alpha value is -2.26. The largest absolute Gasteiger partial charge is 0.271 e. The van der Waals surface area contributed by atoms with Gasteiger partial charge in [-0.05, 0) is 35.9 Å². The van der Waals surface area contributed by atoms with Gasteiger partial charge < -0.3 is 0 Å². The molecule has 0 spiro atoms. The van der Waals surface area contributed by atoms with E-state index in [0.717, 1.165) is 26.7 Å². The number of hydrazone groups is 1. The highest BCUT2D eigenvalue weighted by Gasteiger charge is 2.21. The number of nitrogens with zero attached hydrogens (tertiary/aromatic N) is 2. The standard InChI is InChI=1S/C16H15BrFN3O3S/c1-25(23,24)21(15-4-2-3-14(18)9-15)11-16(22)20-19-10-12-5-7-13(17)8-6-12/h2-10H,11H2,1H3,(H,20,22)/b19-10-. The molecule has 0 saturated heterocycles. The maximum absolute atomic E-state index is 13.3. The Morgan fingerprint density at radius 2 is 1.96 bits per heavy atom. The first-order valence-corrected chi connectivity index (χ1v) is 9.70. The zero-order valence-electron chi connectivity index (χ0n) is 13.2. The van der Waals surface area contributed by atoms with Crippen molar-refractivity contribution in [1.82, 2.24) is 5.43 Å². The Bertz CT molecular complexity index is 886. The lowest BCUT2D eigenvalue weighted by molar-refractivity contribution is -0.119. The van der Waals surface area contributed by atoms with Gasteiger partial charge in [0.2, 0.25) is 10.0 Å². The van der Waals surface area contributed by atoms with E-state index >= 15 is 0 Å². The van der Waals surface area contributed by atoms with Gasteiger partial charge in [-0.25, -0.2) is 18.2 Å². The third kappa shape index (κ3) is 5.95. The van der Waals surface area contributed by atoms with Crippen LogP contribution in [0.1, 0.15) is 5.56 Å². The number of hydrogen-bond acceptors (Lipinski definition) is 4. The van der Waals surface area contributed by atoms with Crippen molar-refractivity contribution in [2.24, 2.45) is 5.10 Å². The summed E-state index contributed by atoms with van der Waals surface area (Å²) in [6.45, 7) is -0.514. The van der Waals surface area contributed by atoms with Crippen molar-refractivity contribution in [2.45, 2.75) is 0 Å². The van der Waals surface area contributed by atoms with Crippen LogP contribution in [0.5, 0.6) is 0 Å². The minimum Gasteiger partial charge on any atom is -0.271 e. The van der Waals surface area contributed by atoms with Crippen LogP contribution in [0.3, 0.4) is 0 Å². The van der Waals surface area contributed by atoms with Crippen LogP contribution in [0.4, 0.5) is 10.1 Å². The number of nitrogens with one attached hydrogen (secondary N) is 1. The maximum Gasteiger partial charge on any atom is 0.260 e. The highest BCUT2D eigenvalue weighted by atomic mass is 79.9. The molecule has 132 valence electrons. The van der Waals surface area contributed by atoms with Crippen LogP contribution >= 0.6 is 15.9 Å². The van der Waals surface area contributed by atoms with Crippen molar-refractivity contribution >= 4 is 43.8 Å². The molecule has 6 nitrogen and oxygen atoms in total. The second-order valence-corrected chi connectivity index (χ2v) is 7.92. The quantitative estimate of drug-likeness (QED) is 0.568. The minimum absolute atomic E-state index is 0.0644. The van der Waals surface area contributed by atoms with Crippen LogP contribution in [0.2, 0.25) is 0 Å². The fraction of sp³-hybridized carbons (Fsp3) is 0.125. The molecule has 1 N–H and O–H groups in total. The molecule has 2 aromatic carbocycles. The Labute approximate surface area is 153 Å². The monoisotopic (exact) mass is 427 g/mol. The summed E-state index contributed by atoms with van der Waals surface area (Å²) in [7, 11) is -3.76. The fourth-order valence-corrected chi connectivity index (χ4v) is 3.04. The van der Waals surface area contributed by atoms with Gasteiger partial charge in [0.1, 0.15) is 12.4 Å². The van der Waals surface area contributed by atoms with E-state index < -0.39 is 28.3 Å². The van der Waals surface area contributed by atoms with Gasteiger partial charge in [0.15, 0.2) is 0 Å². The molecule has 2 rings (SSSR count). The Kier molecular flexibility index (Phi) is 6.27. The molecular weight excluding hydrogens is 413 g/mol. The average molecular weight is 428 g/mol. The van der Waals surface area contributed by atoms with Crippen molar-refractivity contribution in [3.63, 3.8) is 0 Å². The van der Waals surface area contributed by atoms with Gasteiger partial charge in [-0.2, -0.15) is 5.10 Å². The van der Waals surface area contributed by atoms with Crippen molar-refractivity contribution in [3.8, 4) is 0 Å². The van der Waals surface area contributed by atoms with Gasteiger partial charge in [-0.15, -0.1) is 0 Å². The number of anilines is 1. The number of sulfonamides is 1. The number of benzene rings is 2. The summed E-state index contributed by atoms with van der Waals surface area (Å²) >= 11 is 3.31. The zero-order valence-corrected chi connectivity index (χ0v) is 15.6. The molecular formula is C16H15BrFN3O3S. The summed E-state index contributed by atoms with van der Waals surface area (Å²) < 4.78 is 38.8. The van der Waals surface area contributed by atoms with E-state index in [4.69, 9.17) is 0 Å². The number of amides is 1. The number of hydrogen-bond donors (Lipinski definition) is 1. The first-order chi connectivity index (χ1) is 11.8.